The first-order valence-electron chi connectivity index (χ1n) is 7.29. The van der Waals surface area contributed by atoms with Crippen molar-refractivity contribution in [2.75, 3.05) is 0 Å². The van der Waals surface area contributed by atoms with Gasteiger partial charge in [0.2, 0.25) is 0 Å². The molecule has 92 valence electrons. The minimum absolute atomic E-state index is 0.821. The fraction of sp³-hybridized carbons (Fsp3) is 0.263. The molecule has 0 spiro atoms. The summed E-state index contributed by atoms with van der Waals surface area (Å²) in [6, 6.07) is 19.9. The van der Waals surface area contributed by atoms with E-state index in [2.05, 4.69) is 60.7 Å². The first-order chi connectivity index (χ1) is 9.43. The van der Waals surface area contributed by atoms with Crippen molar-refractivity contribution in [3.8, 4) is 0 Å². The van der Waals surface area contributed by atoms with Crippen molar-refractivity contribution in [3.05, 3.63) is 76.9 Å². The minimum atomic E-state index is 0.821. The second-order valence-electron chi connectivity index (χ2n) is 6.18. The van der Waals surface area contributed by atoms with Crippen LogP contribution in [0.2, 0.25) is 0 Å². The van der Waals surface area contributed by atoms with Crippen LogP contribution in [0.1, 0.15) is 34.9 Å². The molecule has 4 atom stereocenters. The Morgan fingerprint density at radius 2 is 1.32 bits per heavy atom. The van der Waals surface area contributed by atoms with Crippen LogP contribution >= 0.6 is 0 Å². The number of hydrogen-bond acceptors (Lipinski definition) is 0. The van der Waals surface area contributed by atoms with Gasteiger partial charge in [-0.25, -0.2) is 0 Å². The van der Waals surface area contributed by atoms with Crippen molar-refractivity contribution in [1.82, 2.24) is 0 Å². The van der Waals surface area contributed by atoms with E-state index in [1.54, 1.807) is 16.7 Å². The highest BCUT2D eigenvalue weighted by molar-refractivity contribution is 5.65. The minimum Gasteiger partial charge on any atom is -0.0622 e. The third kappa shape index (κ3) is 1.24. The lowest BCUT2D eigenvalue weighted by atomic mass is 9.92. The van der Waals surface area contributed by atoms with Gasteiger partial charge in [0.1, 0.15) is 0 Å². The second-order valence-corrected chi connectivity index (χ2v) is 6.18. The van der Waals surface area contributed by atoms with Gasteiger partial charge >= 0.3 is 0 Å². The van der Waals surface area contributed by atoms with E-state index in [1.807, 2.05) is 0 Å². The highest BCUT2D eigenvalue weighted by Gasteiger charge is 2.63. The van der Waals surface area contributed by atoms with Crippen molar-refractivity contribution >= 4 is 6.08 Å². The van der Waals surface area contributed by atoms with Gasteiger partial charge in [0, 0.05) is 0 Å². The van der Waals surface area contributed by atoms with Crippen LogP contribution in [0.3, 0.4) is 0 Å². The van der Waals surface area contributed by atoms with Gasteiger partial charge < -0.3 is 0 Å². The third-order valence-corrected chi connectivity index (χ3v) is 5.35. The molecule has 0 saturated heterocycles. The molecule has 19 heavy (non-hydrogen) atoms. The van der Waals surface area contributed by atoms with E-state index in [4.69, 9.17) is 0 Å². The topological polar surface area (TPSA) is 0 Å². The Morgan fingerprint density at radius 1 is 0.737 bits per heavy atom. The van der Waals surface area contributed by atoms with Crippen LogP contribution in [-0.4, -0.2) is 0 Å². The average Bonchev–Trinajstić information content (AvgIpc) is 2.89. The van der Waals surface area contributed by atoms with Crippen LogP contribution in [0.25, 0.3) is 6.08 Å². The van der Waals surface area contributed by atoms with E-state index in [1.165, 1.54) is 12.0 Å². The molecule has 0 radical (unpaired) electrons. The number of allylic oxidation sites excluding steroid dienone is 1. The normalized spacial score (nSPS) is 35.3. The average molecular weight is 244 g/mol. The van der Waals surface area contributed by atoms with Crippen molar-refractivity contribution < 1.29 is 0 Å². The predicted molar refractivity (Wildman–Crippen MR) is 77.9 cm³/mol. The first-order valence-corrected chi connectivity index (χ1v) is 7.29. The van der Waals surface area contributed by atoms with E-state index >= 15 is 0 Å². The maximum absolute atomic E-state index is 2.44. The Bertz CT molecular complexity index is 643. The van der Waals surface area contributed by atoms with Crippen LogP contribution in [0.4, 0.5) is 0 Å². The Kier molecular flexibility index (Phi) is 1.79. The molecule has 2 saturated carbocycles. The number of fused-ring (bicyclic) bond motifs is 8. The second kappa shape index (κ2) is 3.39. The number of benzene rings is 2. The zero-order valence-corrected chi connectivity index (χ0v) is 10.8. The summed E-state index contributed by atoms with van der Waals surface area (Å²) in [5.74, 6) is 3.36. The lowest BCUT2D eigenvalue weighted by Gasteiger charge is -2.12. The van der Waals surface area contributed by atoms with Gasteiger partial charge in [0.05, 0.1) is 0 Å². The lowest BCUT2D eigenvalue weighted by molar-refractivity contribution is 0.679. The molecule has 0 nitrogen and oxygen atoms in total. The van der Waals surface area contributed by atoms with Gasteiger partial charge in [0.15, 0.2) is 0 Å². The molecule has 3 aliphatic rings. The lowest BCUT2D eigenvalue weighted by Crippen LogP contribution is -1.99. The van der Waals surface area contributed by atoms with Crippen LogP contribution in [0.5, 0.6) is 0 Å². The zero-order chi connectivity index (χ0) is 12.4. The molecule has 0 amide bonds. The smallest absolute Gasteiger partial charge is 0.00557 e. The summed E-state index contributed by atoms with van der Waals surface area (Å²) in [4.78, 5) is 0. The van der Waals surface area contributed by atoms with Crippen LogP contribution < -0.4 is 0 Å². The van der Waals surface area contributed by atoms with Gasteiger partial charge in [-0.2, -0.15) is 0 Å². The molecule has 2 fully saturated rings. The number of rotatable bonds is 1. The molecule has 0 aromatic heterocycles. The zero-order valence-electron chi connectivity index (χ0n) is 10.8. The maximum Gasteiger partial charge on any atom is -0.00557 e. The molecule has 2 aromatic rings. The quantitative estimate of drug-likeness (QED) is 0.687. The Hall–Kier alpha value is -1.82. The fourth-order valence-corrected chi connectivity index (χ4v) is 4.62. The molecule has 3 aliphatic carbocycles. The maximum atomic E-state index is 2.44. The Morgan fingerprint density at radius 3 is 1.95 bits per heavy atom. The van der Waals surface area contributed by atoms with E-state index in [-0.39, 0.29) is 0 Å². The monoisotopic (exact) mass is 244 g/mol. The first kappa shape index (κ1) is 10.0. The van der Waals surface area contributed by atoms with Crippen molar-refractivity contribution in [2.24, 2.45) is 11.8 Å². The molecular formula is C19H16. The summed E-state index contributed by atoms with van der Waals surface area (Å²) in [5, 5.41) is 0. The summed E-state index contributed by atoms with van der Waals surface area (Å²) < 4.78 is 0. The van der Waals surface area contributed by atoms with Gasteiger partial charge in [-0.15, -0.1) is 0 Å². The molecule has 0 heterocycles. The van der Waals surface area contributed by atoms with E-state index in [9.17, 15) is 0 Å². The van der Waals surface area contributed by atoms with E-state index in [0.717, 1.165) is 23.7 Å². The van der Waals surface area contributed by atoms with E-state index in [0.29, 0.717) is 0 Å². The Balaban J connectivity index is 1.55. The fourth-order valence-electron chi connectivity index (χ4n) is 4.62. The third-order valence-electron chi connectivity index (χ3n) is 5.35. The summed E-state index contributed by atoms with van der Waals surface area (Å²) in [6.07, 6.45) is 3.85. The largest absolute Gasteiger partial charge is 0.0622 e. The molecule has 0 unspecified atom stereocenters. The number of hydrogen-bond donors (Lipinski definition) is 0. The van der Waals surface area contributed by atoms with Crippen molar-refractivity contribution in [3.63, 3.8) is 0 Å². The van der Waals surface area contributed by atoms with E-state index < -0.39 is 0 Å². The highest BCUT2D eigenvalue weighted by atomic mass is 14.7. The summed E-state index contributed by atoms with van der Waals surface area (Å²) >= 11 is 0. The van der Waals surface area contributed by atoms with Crippen LogP contribution in [0, 0.1) is 11.8 Å². The highest BCUT2D eigenvalue weighted by Crippen LogP contribution is 2.74. The van der Waals surface area contributed by atoms with Crippen molar-refractivity contribution in [1.29, 1.82) is 0 Å². The van der Waals surface area contributed by atoms with Crippen LogP contribution in [-0.2, 0) is 0 Å². The van der Waals surface area contributed by atoms with Gasteiger partial charge in [-0.1, -0.05) is 66.2 Å². The summed E-state index contributed by atoms with van der Waals surface area (Å²) in [7, 11) is 0. The summed E-state index contributed by atoms with van der Waals surface area (Å²) in [5.41, 5.74) is 6.37. The standard InChI is InChI=1S/C19H16/c1-2-6-12(7-3-1)10-17-18-15-11-16(19(17)18)14-9-5-4-8-13(14)15/h1-10,15-16,18-19H,11H2/t15-,16+,18+,19-. The van der Waals surface area contributed by atoms with Gasteiger partial charge in [0.25, 0.3) is 0 Å². The molecule has 2 aromatic carbocycles. The van der Waals surface area contributed by atoms with Crippen LogP contribution in [0.15, 0.2) is 60.2 Å². The van der Waals surface area contributed by atoms with Crippen molar-refractivity contribution in [2.45, 2.75) is 18.3 Å². The van der Waals surface area contributed by atoms with Gasteiger partial charge in [-0.05, 0) is 46.8 Å². The molecule has 0 heteroatoms. The molecule has 0 aliphatic heterocycles. The predicted octanol–water partition coefficient (Wildman–Crippen LogP) is 4.60. The molecule has 0 N–H and O–H groups in total. The Labute approximate surface area is 113 Å². The molecular weight excluding hydrogens is 228 g/mol. The molecule has 2 bridgehead atoms. The van der Waals surface area contributed by atoms with Gasteiger partial charge in [-0.3, -0.25) is 0 Å². The summed E-state index contributed by atoms with van der Waals surface area (Å²) in [6.45, 7) is 0. The SMILES string of the molecule is C(=C1[C@@H]2[C@H]1[C@@H]1C[C@H]2c2ccccc21)c1ccccc1. The molecule has 5 rings (SSSR count).